The summed E-state index contributed by atoms with van der Waals surface area (Å²) < 4.78 is 11.6. The maximum atomic E-state index is 9.30. The van der Waals surface area contributed by atoms with E-state index in [0.29, 0.717) is 28.8 Å². The van der Waals surface area contributed by atoms with Gasteiger partial charge in [0.05, 0.1) is 35.8 Å². The number of halogens is 1. The van der Waals surface area contributed by atoms with Gasteiger partial charge in [-0.05, 0) is 42.7 Å². The summed E-state index contributed by atoms with van der Waals surface area (Å²) in [5.74, 6) is 2.10. The summed E-state index contributed by atoms with van der Waals surface area (Å²) >= 11 is 6.65. The van der Waals surface area contributed by atoms with Crippen LogP contribution >= 0.6 is 11.6 Å². The highest BCUT2D eigenvalue weighted by Crippen LogP contribution is 2.37. The first-order chi connectivity index (χ1) is 16.6. The van der Waals surface area contributed by atoms with Gasteiger partial charge in [-0.25, -0.2) is 9.97 Å². The van der Waals surface area contributed by atoms with Gasteiger partial charge in [-0.1, -0.05) is 36.4 Å². The third-order valence-corrected chi connectivity index (χ3v) is 6.27. The summed E-state index contributed by atoms with van der Waals surface area (Å²) in [6.07, 6.45) is 4.98. The molecule has 7 nitrogen and oxygen atoms in total. The molecule has 8 heteroatoms. The standard InChI is InChI=1S/C26H25ClN4O3/c1-16(21-10-9-19(11-23(21)27)34-18-5-3-2-4-6-18)22-12-28-25-24(22)26(30-15-29-25)31-17-7-8-20(13-32)33-14-17/h2-6,9-12,15,17,20,32H,1,7-8,13-14H2,(H2,28,29,30,31)/t17-,20+/m1/s1. The second-order valence-electron chi connectivity index (χ2n) is 8.24. The fourth-order valence-electron chi connectivity index (χ4n) is 4.14. The Labute approximate surface area is 202 Å². The van der Waals surface area contributed by atoms with E-state index in [4.69, 9.17) is 21.1 Å². The molecule has 1 fully saturated rings. The van der Waals surface area contributed by atoms with Crippen molar-refractivity contribution in [1.29, 1.82) is 0 Å². The number of aliphatic hydroxyl groups is 1. The largest absolute Gasteiger partial charge is 0.457 e. The second kappa shape index (κ2) is 9.85. The molecule has 0 spiro atoms. The number of aromatic nitrogens is 3. The lowest BCUT2D eigenvalue weighted by Gasteiger charge is -2.29. The molecule has 1 saturated heterocycles. The van der Waals surface area contributed by atoms with Gasteiger partial charge in [0.25, 0.3) is 0 Å². The highest BCUT2D eigenvalue weighted by molar-refractivity contribution is 6.32. The number of benzene rings is 2. The molecule has 1 aliphatic heterocycles. The van der Waals surface area contributed by atoms with Crippen molar-refractivity contribution in [3.63, 3.8) is 0 Å². The number of nitrogens with one attached hydrogen (secondary N) is 2. The number of aliphatic hydroxyl groups excluding tert-OH is 1. The molecule has 5 rings (SSSR count). The molecule has 2 aromatic carbocycles. The van der Waals surface area contributed by atoms with Crippen molar-refractivity contribution in [2.24, 2.45) is 0 Å². The van der Waals surface area contributed by atoms with Gasteiger partial charge in [-0.2, -0.15) is 0 Å². The number of fused-ring (bicyclic) bond motifs is 1. The van der Waals surface area contributed by atoms with Crippen molar-refractivity contribution >= 4 is 34.0 Å². The summed E-state index contributed by atoms with van der Waals surface area (Å²) in [6, 6.07) is 15.2. The number of hydrogen-bond donors (Lipinski definition) is 3. The van der Waals surface area contributed by atoms with E-state index in [0.717, 1.165) is 40.7 Å². The minimum absolute atomic E-state index is 0.0438. The third kappa shape index (κ3) is 4.63. The van der Waals surface area contributed by atoms with Crippen molar-refractivity contribution in [2.45, 2.75) is 25.0 Å². The van der Waals surface area contributed by atoms with Crippen LogP contribution in [-0.2, 0) is 4.74 Å². The molecule has 0 amide bonds. The van der Waals surface area contributed by atoms with E-state index in [1.807, 2.05) is 48.7 Å². The van der Waals surface area contributed by atoms with Crippen LogP contribution < -0.4 is 10.1 Å². The lowest BCUT2D eigenvalue weighted by molar-refractivity contribution is -0.0224. The van der Waals surface area contributed by atoms with Gasteiger partial charge < -0.3 is 24.9 Å². The third-order valence-electron chi connectivity index (χ3n) is 5.95. The Kier molecular flexibility index (Phi) is 6.49. The molecule has 3 N–H and O–H groups in total. The van der Waals surface area contributed by atoms with Crippen molar-refractivity contribution in [3.8, 4) is 11.5 Å². The van der Waals surface area contributed by atoms with Gasteiger partial charge in [-0.15, -0.1) is 0 Å². The minimum atomic E-state index is -0.0953. The van der Waals surface area contributed by atoms with Crippen LogP contribution in [0.15, 0.2) is 67.6 Å². The smallest absolute Gasteiger partial charge is 0.143 e. The Morgan fingerprint density at radius 2 is 2.00 bits per heavy atom. The number of rotatable bonds is 7. The summed E-state index contributed by atoms with van der Waals surface area (Å²) in [5.41, 5.74) is 3.12. The molecule has 4 aromatic rings. The molecule has 0 unspecified atom stereocenters. The second-order valence-corrected chi connectivity index (χ2v) is 8.65. The molecule has 174 valence electrons. The fraction of sp³-hybridized carbons (Fsp3) is 0.231. The van der Waals surface area contributed by atoms with Gasteiger partial charge in [0.2, 0.25) is 0 Å². The van der Waals surface area contributed by atoms with E-state index in [1.54, 1.807) is 6.07 Å². The predicted octanol–water partition coefficient (Wildman–Crippen LogP) is 5.42. The average Bonchev–Trinajstić information content (AvgIpc) is 3.30. The molecule has 0 aliphatic carbocycles. The van der Waals surface area contributed by atoms with Gasteiger partial charge in [-0.3, -0.25) is 0 Å². The lowest BCUT2D eigenvalue weighted by atomic mass is 9.99. The average molecular weight is 477 g/mol. The van der Waals surface area contributed by atoms with Gasteiger partial charge >= 0.3 is 0 Å². The number of H-pyrrole nitrogens is 1. The number of nitrogens with zero attached hydrogens (tertiary/aromatic N) is 2. The van der Waals surface area contributed by atoms with Crippen molar-refractivity contribution in [1.82, 2.24) is 15.0 Å². The normalized spacial score (nSPS) is 18.1. The quantitative estimate of drug-likeness (QED) is 0.330. The topological polar surface area (TPSA) is 92.3 Å². The van der Waals surface area contributed by atoms with Crippen LogP contribution in [0.25, 0.3) is 16.6 Å². The van der Waals surface area contributed by atoms with Crippen LogP contribution in [-0.4, -0.2) is 45.4 Å². The number of aromatic amines is 1. The maximum absolute atomic E-state index is 9.30. The Morgan fingerprint density at radius 1 is 1.15 bits per heavy atom. The fourth-order valence-corrected chi connectivity index (χ4v) is 4.43. The number of ether oxygens (including phenoxy) is 2. The molecule has 2 atom stereocenters. The monoisotopic (exact) mass is 476 g/mol. The number of anilines is 1. The molecule has 34 heavy (non-hydrogen) atoms. The van der Waals surface area contributed by atoms with Gasteiger partial charge in [0.15, 0.2) is 0 Å². The first kappa shape index (κ1) is 22.4. The van der Waals surface area contributed by atoms with Gasteiger partial charge in [0, 0.05) is 23.4 Å². The Morgan fingerprint density at radius 3 is 2.74 bits per heavy atom. The minimum Gasteiger partial charge on any atom is -0.457 e. The van der Waals surface area contributed by atoms with E-state index < -0.39 is 0 Å². The van der Waals surface area contributed by atoms with Crippen molar-refractivity contribution in [2.75, 3.05) is 18.5 Å². The summed E-state index contributed by atoms with van der Waals surface area (Å²) in [6.45, 7) is 4.87. The Hall–Kier alpha value is -3.39. The summed E-state index contributed by atoms with van der Waals surface area (Å²) in [7, 11) is 0. The summed E-state index contributed by atoms with van der Waals surface area (Å²) in [4.78, 5) is 12.1. The van der Waals surface area contributed by atoms with E-state index in [-0.39, 0.29) is 18.8 Å². The van der Waals surface area contributed by atoms with E-state index in [2.05, 4.69) is 26.8 Å². The van der Waals surface area contributed by atoms with E-state index in [9.17, 15) is 5.11 Å². The van der Waals surface area contributed by atoms with Crippen LogP contribution in [0.1, 0.15) is 24.0 Å². The molecular weight excluding hydrogens is 452 g/mol. The Balaban J connectivity index is 1.40. The van der Waals surface area contributed by atoms with Crippen LogP contribution in [0, 0.1) is 0 Å². The molecule has 0 bridgehead atoms. The van der Waals surface area contributed by atoms with E-state index in [1.165, 1.54) is 6.33 Å². The summed E-state index contributed by atoms with van der Waals surface area (Å²) in [5, 5.41) is 14.2. The lowest BCUT2D eigenvalue weighted by Crippen LogP contribution is -2.36. The first-order valence-corrected chi connectivity index (χ1v) is 11.5. The molecular formula is C26H25ClN4O3. The van der Waals surface area contributed by atoms with Crippen molar-refractivity contribution in [3.05, 3.63) is 83.8 Å². The maximum Gasteiger partial charge on any atom is 0.143 e. The Bertz CT molecular complexity index is 1300. The van der Waals surface area contributed by atoms with Crippen LogP contribution in [0.5, 0.6) is 11.5 Å². The predicted molar refractivity (Wildman–Crippen MR) is 133 cm³/mol. The molecule has 3 heterocycles. The SMILES string of the molecule is C=C(c1ccc(Oc2ccccc2)cc1Cl)c1c[nH]c2ncnc(N[C@@H]3CC[C@@H](CO)OC3)c12. The highest BCUT2D eigenvalue weighted by atomic mass is 35.5. The highest BCUT2D eigenvalue weighted by Gasteiger charge is 2.23. The molecule has 2 aromatic heterocycles. The zero-order valence-corrected chi connectivity index (χ0v) is 19.3. The number of para-hydroxylation sites is 1. The molecule has 0 saturated carbocycles. The van der Waals surface area contributed by atoms with Crippen LogP contribution in [0.3, 0.4) is 0 Å². The first-order valence-electron chi connectivity index (χ1n) is 11.2. The zero-order chi connectivity index (χ0) is 23.5. The van der Waals surface area contributed by atoms with Crippen molar-refractivity contribution < 1.29 is 14.6 Å². The van der Waals surface area contributed by atoms with E-state index >= 15 is 0 Å². The molecule has 0 radical (unpaired) electrons. The number of hydrogen-bond acceptors (Lipinski definition) is 6. The van der Waals surface area contributed by atoms with Crippen LogP contribution in [0.2, 0.25) is 5.02 Å². The zero-order valence-electron chi connectivity index (χ0n) is 18.5. The molecule has 1 aliphatic rings. The van der Waals surface area contributed by atoms with Gasteiger partial charge in [0.1, 0.15) is 29.3 Å². The van der Waals surface area contributed by atoms with Crippen LogP contribution in [0.4, 0.5) is 5.82 Å².